The van der Waals surface area contributed by atoms with E-state index in [4.69, 9.17) is 4.74 Å². The van der Waals surface area contributed by atoms with Crippen LogP contribution in [0, 0.1) is 0 Å². The van der Waals surface area contributed by atoms with E-state index >= 15 is 0 Å². The number of rotatable bonds is 6. The molecule has 98 valence electrons. The number of nitrogens with one attached hydrogen (secondary N) is 1. The molecule has 1 aromatic heterocycles. The third-order valence-electron chi connectivity index (χ3n) is 2.51. The van der Waals surface area contributed by atoms with Crippen molar-refractivity contribution in [2.45, 2.75) is 52.8 Å². The summed E-state index contributed by atoms with van der Waals surface area (Å²) >= 11 is 0. The molecule has 0 aliphatic carbocycles. The van der Waals surface area contributed by atoms with E-state index in [1.54, 1.807) is 0 Å². The zero-order chi connectivity index (χ0) is 12.9. The predicted octanol–water partition coefficient (Wildman–Crippen LogP) is 2.37. The number of nitrogens with zero attached hydrogens (tertiary/aromatic N) is 2. The fraction of sp³-hybridized carbons (Fsp3) is 0.769. The largest absolute Gasteiger partial charge is 0.374 e. The highest BCUT2D eigenvalue weighted by atomic mass is 16.5. The van der Waals surface area contributed by atoms with Gasteiger partial charge in [-0.1, -0.05) is 6.92 Å². The van der Waals surface area contributed by atoms with E-state index in [0.717, 1.165) is 13.1 Å². The van der Waals surface area contributed by atoms with Gasteiger partial charge in [0.15, 0.2) is 0 Å². The molecular weight excluding hydrogens is 214 g/mol. The molecule has 17 heavy (non-hydrogen) atoms. The number of likely N-dealkylation sites (N-methyl/N-ethyl adjacent to an activating group) is 1. The van der Waals surface area contributed by atoms with E-state index in [0.29, 0.717) is 6.61 Å². The quantitative estimate of drug-likeness (QED) is 0.828. The van der Waals surface area contributed by atoms with E-state index in [1.807, 2.05) is 10.9 Å². The minimum Gasteiger partial charge on any atom is -0.374 e. The SMILES string of the molecule is CCNC(COC(C)(C)C)c1cnn(CC)c1. The second-order valence-electron chi connectivity index (χ2n) is 5.16. The molecule has 0 spiro atoms. The second-order valence-corrected chi connectivity index (χ2v) is 5.16. The lowest BCUT2D eigenvalue weighted by molar-refractivity contribution is -0.0146. The van der Waals surface area contributed by atoms with Crippen LogP contribution in [0.4, 0.5) is 0 Å². The molecule has 0 saturated carbocycles. The standard InChI is InChI=1S/C13H25N3O/c1-6-14-12(10-17-13(3,4)5)11-8-15-16(7-2)9-11/h8-9,12,14H,6-7,10H2,1-5H3. The summed E-state index contributed by atoms with van der Waals surface area (Å²) in [6.45, 7) is 12.9. The Morgan fingerprint density at radius 2 is 2.12 bits per heavy atom. The number of hydrogen-bond acceptors (Lipinski definition) is 3. The summed E-state index contributed by atoms with van der Waals surface area (Å²) in [5.41, 5.74) is 1.09. The zero-order valence-corrected chi connectivity index (χ0v) is 11.7. The molecule has 0 bridgehead atoms. The van der Waals surface area contributed by atoms with Gasteiger partial charge in [-0.3, -0.25) is 4.68 Å². The summed E-state index contributed by atoms with van der Waals surface area (Å²) in [4.78, 5) is 0. The van der Waals surface area contributed by atoms with Crippen molar-refractivity contribution in [3.05, 3.63) is 18.0 Å². The summed E-state index contributed by atoms with van der Waals surface area (Å²) in [6.07, 6.45) is 4.00. The first-order valence-corrected chi connectivity index (χ1v) is 6.36. The number of aromatic nitrogens is 2. The van der Waals surface area contributed by atoms with Gasteiger partial charge >= 0.3 is 0 Å². The van der Waals surface area contributed by atoms with Crippen molar-refractivity contribution in [2.75, 3.05) is 13.2 Å². The van der Waals surface area contributed by atoms with Gasteiger partial charge in [0.05, 0.1) is 24.4 Å². The normalized spacial score (nSPS) is 13.9. The van der Waals surface area contributed by atoms with E-state index in [-0.39, 0.29) is 11.6 Å². The van der Waals surface area contributed by atoms with Gasteiger partial charge in [-0.2, -0.15) is 5.10 Å². The van der Waals surface area contributed by atoms with Gasteiger partial charge in [-0.05, 0) is 34.2 Å². The van der Waals surface area contributed by atoms with E-state index in [9.17, 15) is 0 Å². The first-order valence-electron chi connectivity index (χ1n) is 6.36. The molecule has 0 aliphatic rings. The minimum absolute atomic E-state index is 0.103. The van der Waals surface area contributed by atoms with Crippen LogP contribution in [0.5, 0.6) is 0 Å². The van der Waals surface area contributed by atoms with Gasteiger partial charge in [-0.25, -0.2) is 0 Å². The molecule has 0 amide bonds. The molecule has 0 aromatic carbocycles. The first-order chi connectivity index (χ1) is 7.96. The predicted molar refractivity (Wildman–Crippen MR) is 70.0 cm³/mol. The minimum atomic E-state index is -0.103. The lowest BCUT2D eigenvalue weighted by Gasteiger charge is -2.24. The second kappa shape index (κ2) is 6.17. The Bertz CT molecular complexity index is 328. The maximum absolute atomic E-state index is 5.84. The van der Waals surface area contributed by atoms with Crippen LogP contribution in [0.25, 0.3) is 0 Å². The molecule has 1 N–H and O–H groups in total. The molecule has 0 radical (unpaired) electrons. The van der Waals surface area contributed by atoms with Crippen molar-refractivity contribution >= 4 is 0 Å². The van der Waals surface area contributed by atoms with Crippen molar-refractivity contribution < 1.29 is 4.74 Å². The van der Waals surface area contributed by atoms with E-state index in [2.05, 4.69) is 51.2 Å². The summed E-state index contributed by atoms with van der Waals surface area (Å²) < 4.78 is 7.78. The highest BCUT2D eigenvalue weighted by Gasteiger charge is 2.17. The van der Waals surface area contributed by atoms with Gasteiger partial charge in [0, 0.05) is 18.3 Å². The fourth-order valence-electron chi connectivity index (χ4n) is 1.59. The third kappa shape index (κ3) is 4.88. The Kier molecular flexibility index (Phi) is 5.15. The van der Waals surface area contributed by atoms with Crippen LogP contribution in [-0.4, -0.2) is 28.5 Å². The smallest absolute Gasteiger partial charge is 0.0669 e. The van der Waals surface area contributed by atoms with Crippen LogP contribution in [0.2, 0.25) is 0 Å². The van der Waals surface area contributed by atoms with Crippen LogP contribution in [0.1, 0.15) is 46.2 Å². The average Bonchev–Trinajstić information content (AvgIpc) is 2.71. The molecule has 0 saturated heterocycles. The first kappa shape index (κ1) is 14.2. The maximum atomic E-state index is 5.84. The number of hydrogen-bond donors (Lipinski definition) is 1. The Morgan fingerprint density at radius 3 is 2.59 bits per heavy atom. The lowest BCUT2D eigenvalue weighted by Crippen LogP contribution is -2.30. The molecule has 1 heterocycles. The van der Waals surface area contributed by atoms with E-state index < -0.39 is 0 Å². The average molecular weight is 239 g/mol. The number of ether oxygens (including phenoxy) is 1. The van der Waals surface area contributed by atoms with Crippen molar-refractivity contribution in [2.24, 2.45) is 0 Å². The topological polar surface area (TPSA) is 39.1 Å². The third-order valence-corrected chi connectivity index (χ3v) is 2.51. The van der Waals surface area contributed by atoms with E-state index in [1.165, 1.54) is 5.56 Å². The van der Waals surface area contributed by atoms with Crippen molar-refractivity contribution in [3.63, 3.8) is 0 Å². The molecular formula is C13H25N3O. The Labute approximate surface area is 104 Å². The Hall–Kier alpha value is -0.870. The van der Waals surface area contributed by atoms with Crippen LogP contribution >= 0.6 is 0 Å². The Balaban J connectivity index is 2.64. The van der Waals surface area contributed by atoms with Crippen LogP contribution < -0.4 is 5.32 Å². The molecule has 1 rings (SSSR count). The molecule has 1 atom stereocenters. The highest BCUT2D eigenvalue weighted by molar-refractivity contribution is 5.10. The summed E-state index contributed by atoms with van der Waals surface area (Å²) in [5.74, 6) is 0. The van der Waals surface area contributed by atoms with Gasteiger partial charge in [-0.15, -0.1) is 0 Å². The summed E-state index contributed by atoms with van der Waals surface area (Å²) in [6, 6.07) is 0.222. The molecule has 4 heteroatoms. The Morgan fingerprint density at radius 1 is 1.41 bits per heavy atom. The van der Waals surface area contributed by atoms with Crippen molar-refractivity contribution in [1.82, 2.24) is 15.1 Å². The van der Waals surface area contributed by atoms with Crippen molar-refractivity contribution in [1.29, 1.82) is 0 Å². The molecule has 0 aliphatic heterocycles. The molecule has 0 fully saturated rings. The maximum Gasteiger partial charge on any atom is 0.0669 e. The number of aryl methyl sites for hydroxylation is 1. The van der Waals surface area contributed by atoms with Gasteiger partial charge in [0.1, 0.15) is 0 Å². The van der Waals surface area contributed by atoms with Gasteiger partial charge in [0.2, 0.25) is 0 Å². The summed E-state index contributed by atoms with van der Waals surface area (Å²) in [5, 5.41) is 7.73. The monoisotopic (exact) mass is 239 g/mol. The van der Waals surface area contributed by atoms with Crippen LogP contribution in [-0.2, 0) is 11.3 Å². The van der Waals surface area contributed by atoms with Gasteiger partial charge < -0.3 is 10.1 Å². The summed E-state index contributed by atoms with van der Waals surface area (Å²) in [7, 11) is 0. The van der Waals surface area contributed by atoms with Crippen LogP contribution in [0.3, 0.4) is 0 Å². The molecule has 4 nitrogen and oxygen atoms in total. The zero-order valence-electron chi connectivity index (χ0n) is 11.7. The highest BCUT2D eigenvalue weighted by Crippen LogP contribution is 2.16. The van der Waals surface area contributed by atoms with Crippen LogP contribution in [0.15, 0.2) is 12.4 Å². The van der Waals surface area contributed by atoms with Gasteiger partial charge in [0.25, 0.3) is 0 Å². The molecule has 1 unspecified atom stereocenters. The fourth-order valence-corrected chi connectivity index (χ4v) is 1.59. The molecule has 1 aromatic rings. The van der Waals surface area contributed by atoms with Crippen molar-refractivity contribution in [3.8, 4) is 0 Å². The lowest BCUT2D eigenvalue weighted by atomic mass is 10.1.